The second-order valence-electron chi connectivity index (χ2n) is 13.3. The van der Waals surface area contributed by atoms with E-state index in [9.17, 15) is 0 Å². The minimum atomic E-state index is 0.231. The Balaban J connectivity index is 1.51. The van der Waals surface area contributed by atoms with Crippen molar-refractivity contribution in [2.45, 2.75) is 33.6 Å². The van der Waals surface area contributed by atoms with E-state index in [0.717, 1.165) is 32.7 Å². The summed E-state index contributed by atoms with van der Waals surface area (Å²) >= 11 is 0. The van der Waals surface area contributed by atoms with Gasteiger partial charge in [0, 0.05) is 0 Å². The van der Waals surface area contributed by atoms with Crippen LogP contribution in [0.15, 0.2) is 182 Å². The van der Waals surface area contributed by atoms with Crippen molar-refractivity contribution in [2.75, 3.05) is 0 Å². The highest BCUT2D eigenvalue weighted by Crippen LogP contribution is 2.37. The van der Waals surface area contributed by atoms with Gasteiger partial charge in [-0.25, -0.2) is 0 Å². The van der Waals surface area contributed by atoms with Crippen molar-refractivity contribution < 1.29 is 0 Å². The molecule has 51 heavy (non-hydrogen) atoms. The Morgan fingerprint density at radius 1 is 0.608 bits per heavy atom. The molecule has 250 valence electrons. The summed E-state index contributed by atoms with van der Waals surface area (Å²) in [5.41, 5.74) is 15.5. The molecule has 0 fully saturated rings. The molecule has 0 bridgehead atoms. The summed E-state index contributed by atoms with van der Waals surface area (Å²) in [5, 5.41) is 2.15. The lowest BCUT2D eigenvalue weighted by Crippen LogP contribution is -2.21. The predicted octanol–water partition coefficient (Wildman–Crippen LogP) is 12.1. The lowest BCUT2D eigenvalue weighted by molar-refractivity contribution is 0.968. The van der Waals surface area contributed by atoms with E-state index in [-0.39, 0.29) is 5.92 Å². The molecular weight excluding hydrogens is 613 g/mol. The van der Waals surface area contributed by atoms with E-state index in [4.69, 9.17) is 0 Å². The number of benzene rings is 6. The molecule has 1 unspecified atom stereocenters. The molecule has 0 nitrogen and oxygen atoms in total. The molecule has 6 aromatic rings. The normalized spacial score (nSPS) is 13.3. The molecule has 0 amide bonds. The van der Waals surface area contributed by atoms with Gasteiger partial charge in [-0.3, -0.25) is 0 Å². The first-order chi connectivity index (χ1) is 24.8. The topological polar surface area (TPSA) is 0 Å². The Hall–Kier alpha value is -5.98. The predicted molar refractivity (Wildman–Crippen MR) is 223 cm³/mol. The molecule has 0 radical (unpaired) electrons. The second-order valence-corrected chi connectivity index (χ2v) is 13.3. The monoisotopic (exact) mass is 658 g/mol. The molecule has 0 saturated carbocycles. The van der Waals surface area contributed by atoms with Crippen LogP contribution in [-0.4, -0.2) is 0 Å². The summed E-state index contributed by atoms with van der Waals surface area (Å²) in [6, 6.07) is 53.6. The number of rotatable bonds is 10. The first-order valence-electron chi connectivity index (χ1n) is 17.7. The van der Waals surface area contributed by atoms with E-state index in [1.807, 2.05) is 12.1 Å². The molecule has 0 aromatic heterocycles. The zero-order chi connectivity index (χ0) is 35.7. The summed E-state index contributed by atoms with van der Waals surface area (Å²) < 4.78 is 0. The molecule has 0 heterocycles. The lowest BCUT2D eigenvalue weighted by atomic mass is 9.84. The summed E-state index contributed by atoms with van der Waals surface area (Å²) in [4.78, 5) is 0. The van der Waals surface area contributed by atoms with Gasteiger partial charge in [0.2, 0.25) is 0 Å². The summed E-state index contributed by atoms with van der Waals surface area (Å²) in [5.74, 6) is 0.231. The third-order valence-corrected chi connectivity index (χ3v) is 9.85. The highest BCUT2D eigenvalue weighted by Gasteiger charge is 2.17. The highest BCUT2D eigenvalue weighted by molar-refractivity contribution is 5.93. The summed E-state index contributed by atoms with van der Waals surface area (Å²) in [6.45, 7) is 17.8. The summed E-state index contributed by atoms with van der Waals surface area (Å²) in [7, 11) is 0. The maximum atomic E-state index is 4.53. The molecule has 0 heteroatoms. The molecule has 6 rings (SSSR count). The molecule has 0 N–H and O–H groups in total. The van der Waals surface area contributed by atoms with E-state index in [1.54, 1.807) is 0 Å². The van der Waals surface area contributed by atoms with Crippen molar-refractivity contribution in [2.24, 2.45) is 0 Å². The third-order valence-electron chi connectivity index (χ3n) is 9.85. The molecule has 0 saturated heterocycles. The van der Waals surface area contributed by atoms with E-state index in [0.29, 0.717) is 0 Å². The van der Waals surface area contributed by atoms with Gasteiger partial charge in [-0.2, -0.15) is 0 Å². The second kappa shape index (κ2) is 16.2. The van der Waals surface area contributed by atoms with E-state index in [1.165, 1.54) is 50.1 Å². The molecule has 0 spiro atoms. The van der Waals surface area contributed by atoms with Crippen LogP contribution in [0.25, 0.3) is 40.5 Å². The van der Waals surface area contributed by atoms with Gasteiger partial charge in [0.15, 0.2) is 0 Å². The molecule has 1 atom stereocenters. The lowest BCUT2D eigenvalue weighted by Gasteiger charge is -2.21. The van der Waals surface area contributed by atoms with E-state index >= 15 is 0 Å². The van der Waals surface area contributed by atoms with E-state index in [2.05, 4.69) is 205 Å². The van der Waals surface area contributed by atoms with Gasteiger partial charge >= 0.3 is 0 Å². The van der Waals surface area contributed by atoms with Crippen molar-refractivity contribution in [3.05, 3.63) is 231 Å². The summed E-state index contributed by atoms with van der Waals surface area (Å²) in [6.07, 6.45) is 9.10. The fraction of sp³-hybridized carbons (Fsp3) is 0.0980. The Morgan fingerprint density at radius 2 is 1.18 bits per heavy atom. The molecule has 0 aliphatic carbocycles. The molecule has 0 aliphatic heterocycles. The largest absolute Gasteiger partial charge is 0.0912 e. The van der Waals surface area contributed by atoms with Gasteiger partial charge in [-0.05, 0) is 122 Å². The fourth-order valence-electron chi connectivity index (χ4n) is 6.67. The first-order valence-corrected chi connectivity index (χ1v) is 17.7. The van der Waals surface area contributed by atoms with Crippen LogP contribution in [0.1, 0.15) is 58.7 Å². The molecule has 6 aromatic carbocycles. The first kappa shape index (κ1) is 34.9. The fourth-order valence-corrected chi connectivity index (χ4v) is 6.67. The van der Waals surface area contributed by atoms with Crippen molar-refractivity contribution in [1.82, 2.24) is 0 Å². The average molecular weight is 659 g/mol. The number of hydrogen-bond donors (Lipinski definition) is 0. The maximum Gasteiger partial charge on any atom is -0.000113 e. The van der Waals surface area contributed by atoms with Crippen molar-refractivity contribution >= 4 is 29.4 Å². The van der Waals surface area contributed by atoms with Gasteiger partial charge in [-0.15, -0.1) is 0 Å². The Bertz CT molecular complexity index is 2350. The Kier molecular flexibility index (Phi) is 11.0. The van der Waals surface area contributed by atoms with E-state index < -0.39 is 0 Å². The zero-order valence-corrected chi connectivity index (χ0v) is 30.2. The van der Waals surface area contributed by atoms with Gasteiger partial charge in [0.1, 0.15) is 0 Å². The maximum absolute atomic E-state index is 4.53. The minimum absolute atomic E-state index is 0.231. The number of allylic oxidation sites excluding steroid dienone is 6. The standard InChI is InChI=1S/C51H46/c1-36-19-16-17-24-44(36)30-29-37(2)50(33-38(3)42-20-10-7-11-21-42)48-31-32-49(41(6)40(48)5)51(34-39(4)43-22-12-8-13-23-43)47-28-18-27-46(35-47)45-25-14-9-15-26-45/h7-35,38H,1,4H2,2-3,5-6H3/b37-29+,44-30-,50-33-,51-34-. The van der Waals surface area contributed by atoms with Crippen LogP contribution >= 0.6 is 0 Å². The SMILES string of the molecule is C=C(/C=C(/c1cccc(-c2ccccc2)c1)c1ccc(C(=C\C(C)c2ccccc2)/C(C)=C/C=c2/ccccc2=C)c(C)c1C)c1ccccc1. The average Bonchev–Trinajstić information content (AvgIpc) is 3.18. The van der Waals surface area contributed by atoms with Crippen LogP contribution in [0.3, 0.4) is 0 Å². The molecule has 0 aliphatic rings. The highest BCUT2D eigenvalue weighted by atomic mass is 14.2. The van der Waals surface area contributed by atoms with Crippen LogP contribution in [0, 0.1) is 13.8 Å². The molecular formula is C51H46. The van der Waals surface area contributed by atoms with Crippen molar-refractivity contribution in [1.29, 1.82) is 0 Å². The van der Waals surface area contributed by atoms with Gasteiger partial charge < -0.3 is 0 Å². The number of hydrogen-bond acceptors (Lipinski definition) is 0. The third kappa shape index (κ3) is 8.26. The quantitative estimate of drug-likeness (QED) is 0.129. The van der Waals surface area contributed by atoms with Crippen LogP contribution in [0.5, 0.6) is 0 Å². The van der Waals surface area contributed by atoms with Crippen molar-refractivity contribution in [3.8, 4) is 11.1 Å². The van der Waals surface area contributed by atoms with Crippen LogP contribution in [0.4, 0.5) is 0 Å². The smallest absolute Gasteiger partial charge is 0.000113 e. The van der Waals surface area contributed by atoms with Gasteiger partial charge in [0.25, 0.3) is 0 Å². The zero-order valence-electron chi connectivity index (χ0n) is 30.2. The van der Waals surface area contributed by atoms with Gasteiger partial charge in [-0.1, -0.05) is 184 Å². The Morgan fingerprint density at radius 3 is 1.88 bits per heavy atom. The van der Waals surface area contributed by atoms with Crippen LogP contribution in [-0.2, 0) is 0 Å². The minimum Gasteiger partial charge on any atom is -0.0912 e. The van der Waals surface area contributed by atoms with Crippen LogP contribution in [0.2, 0.25) is 0 Å². The van der Waals surface area contributed by atoms with Crippen molar-refractivity contribution in [3.63, 3.8) is 0 Å². The van der Waals surface area contributed by atoms with Gasteiger partial charge in [0.05, 0.1) is 0 Å². The van der Waals surface area contributed by atoms with Crippen LogP contribution < -0.4 is 10.4 Å². The Labute approximate surface area is 304 Å².